The van der Waals surface area contributed by atoms with Crippen molar-refractivity contribution < 1.29 is 13.2 Å². The summed E-state index contributed by atoms with van der Waals surface area (Å²) < 4.78 is 25.7. The fraction of sp³-hybridized carbons (Fsp3) is 0.500. The van der Waals surface area contributed by atoms with Gasteiger partial charge in [0.2, 0.25) is 15.9 Å². The Labute approximate surface area is 134 Å². The van der Waals surface area contributed by atoms with Crippen molar-refractivity contribution in [3.05, 3.63) is 28.7 Å². The van der Waals surface area contributed by atoms with Gasteiger partial charge in [0.15, 0.2) is 0 Å². The molecule has 0 radical (unpaired) electrons. The quantitative estimate of drug-likeness (QED) is 0.828. The number of sulfonamides is 1. The number of nitrogens with zero attached hydrogens (tertiary/aromatic N) is 1. The molecule has 0 saturated carbocycles. The van der Waals surface area contributed by atoms with Crippen LogP contribution >= 0.6 is 15.9 Å². The lowest BCUT2D eigenvalue weighted by Crippen LogP contribution is -2.44. The zero-order valence-electron chi connectivity index (χ0n) is 12.6. The predicted molar refractivity (Wildman–Crippen MR) is 88.8 cm³/mol. The Hall–Kier alpha value is -1.08. The van der Waals surface area contributed by atoms with Crippen molar-refractivity contribution in [3.8, 4) is 0 Å². The molecule has 0 aliphatic rings. The first-order valence-electron chi connectivity index (χ1n) is 6.64. The third kappa shape index (κ3) is 5.32. The number of amides is 1. The summed E-state index contributed by atoms with van der Waals surface area (Å²) in [5.74, 6) is -0.0403. The van der Waals surface area contributed by atoms with E-state index in [1.807, 2.05) is 20.8 Å². The molecular formula is C14H21BrN2O3S. The molecule has 7 heteroatoms. The fourth-order valence-corrected chi connectivity index (χ4v) is 3.12. The van der Waals surface area contributed by atoms with Crippen molar-refractivity contribution in [3.63, 3.8) is 0 Å². The minimum absolute atomic E-state index is 0.0156. The minimum atomic E-state index is -3.55. The molecule has 118 valence electrons. The van der Waals surface area contributed by atoms with Crippen LogP contribution in [-0.4, -0.2) is 33.2 Å². The second kappa shape index (κ2) is 7.26. The Morgan fingerprint density at radius 1 is 1.29 bits per heavy atom. The van der Waals surface area contributed by atoms with E-state index in [2.05, 4.69) is 21.2 Å². The van der Waals surface area contributed by atoms with Gasteiger partial charge in [0.05, 0.1) is 11.9 Å². The van der Waals surface area contributed by atoms with Crippen LogP contribution in [-0.2, 0) is 14.8 Å². The van der Waals surface area contributed by atoms with Gasteiger partial charge in [-0.25, -0.2) is 8.42 Å². The monoisotopic (exact) mass is 376 g/mol. The molecule has 1 aromatic carbocycles. The molecule has 0 unspecified atom stereocenters. The molecule has 1 aromatic rings. The van der Waals surface area contributed by atoms with Gasteiger partial charge in [-0.15, -0.1) is 0 Å². The van der Waals surface area contributed by atoms with Gasteiger partial charge in [-0.3, -0.25) is 9.10 Å². The molecule has 0 aliphatic carbocycles. The number of hydrogen-bond donors (Lipinski definition) is 1. The van der Waals surface area contributed by atoms with Gasteiger partial charge < -0.3 is 5.32 Å². The smallest absolute Gasteiger partial charge is 0.240 e. The second-order valence-electron chi connectivity index (χ2n) is 5.32. The Kier molecular flexibility index (Phi) is 6.22. The average molecular weight is 377 g/mol. The largest absolute Gasteiger partial charge is 0.352 e. The Morgan fingerprint density at radius 2 is 1.86 bits per heavy atom. The first-order valence-corrected chi connectivity index (χ1v) is 9.28. The maximum Gasteiger partial charge on any atom is 0.240 e. The lowest BCUT2D eigenvalue weighted by molar-refractivity contribution is -0.120. The summed E-state index contributed by atoms with van der Waals surface area (Å²) in [4.78, 5) is 12.1. The van der Waals surface area contributed by atoms with Crippen molar-refractivity contribution >= 4 is 37.5 Å². The van der Waals surface area contributed by atoms with Crippen LogP contribution in [0.1, 0.15) is 20.8 Å². The highest BCUT2D eigenvalue weighted by Gasteiger charge is 2.23. The summed E-state index contributed by atoms with van der Waals surface area (Å²) in [6, 6.07) is 6.90. The van der Waals surface area contributed by atoms with E-state index in [1.165, 1.54) is 0 Å². The minimum Gasteiger partial charge on any atom is -0.352 e. The zero-order valence-corrected chi connectivity index (χ0v) is 15.0. The van der Waals surface area contributed by atoms with Gasteiger partial charge in [0, 0.05) is 10.5 Å². The lowest BCUT2D eigenvalue weighted by atomic mass is 10.1. The highest BCUT2D eigenvalue weighted by Crippen LogP contribution is 2.27. The molecule has 1 rings (SSSR count). The second-order valence-corrected chi connectivity index (χ2v) is 8.08. The lowest BCUT2D eigenvalue weighted by Gasteiger charge is -2.25. The van der Waals surface area contributed by atoms with E-state index in [-0.39, 0.29) is 24.4 Å². The van der Waals surface area contributed by atoms with E-state index in [9.17, 15) is 13.2 Å². The van der Waals surface area contributed by atoms with Gasteiger partial charge in [0.1, 0.15) is 6.54 Å². The summed E-state index contributed by atoms with van der Waals surface area (Å²) in [5.41, 5.74) is 0.451. The molecule has 21 heavy (non-hydrogen) atoms. The number of anilines is 1. The van der Waals surface area contributed by atoms with E-state index in [4.69, 9.17) is 0 Å². The molecule has 0 spiro atoms. The van der Waals surface area contributed by atoms with Crippen molar-refractivity contribution in [1.82, 2.24) is 5.32 Å². The average Bonchev–Trinajstić information content (AvgIpc) is 2.35. The molecule has 0 aliphatic heterocycles. The van der Waals surface area contributed by atoms with Crippen LogP contribution < -0.4 is 9.62 Å². The van der Waals surface area contributed by atoms with Gasteiger partial charge >= 0.3 is 0 Å². The normalized spacial score (nSPS) is 13.0. The highest BCUT2D eigenvalue weighted by atomic mass is 79.9. The van der Waals surface area contributed by atoms with Gasteiger partial charge in [0.25, 0.3) is 0 Å². The van der Waals surface area contributed by atoms with Crippen molar-refractivity contribution in [2.45, 2.75) is 26.8 Å². The number of carbonyl (C=O) groups is 1. The summed E-state index contributed by atoms with van der Waals surface area (Å²) in [6.07, 6.45) is 1.09. The number of hydrogen-bond acceptors (Lipinski definition) is 3. The molecule has 1 atom stereocenters. The summed E-state index contributed by atoms with van der Waals surface area (Å²) in [5, 5.41) is 2.81. The Balaban J connectivity index is 2.97. The third-order valence-electron chi connectivity index (χ3n) is 3.20. The third-order valence-corrected chi connectivity index (χ3v) is 4.99. The fourth-order valence-electron chi connectivity index (χ4n) is 1.63. The number of para-hydroxylation sites is 1. The number of nitrogens with one attached hydrogen (secondary N) is 1. The Morgan fingerprint density at radius 3 is 2.33 bits per heavy atom. The van der Waals surface area contributed by atoms with E-state index >= 15 is 0 Å². The molecule has 0 aromatic heterocycles. The maximum absolute atomic E-state index is 12.1. The summed E-state index contributed by atoms with van der Waals surface area (Å²) in [6.45, 7) is 5.64. The number of halogens is 1. The molecule has 0 heterocycles. The molecule has 1 N–H and O–H groups in total. The molecule has 0 fully saturated rings. The number of rotatable bonds is 6. The summed E-state index contributed by atoms with van der Waals surface area (Å²) >= 11 is 3.32. The van der Waals surface area contributed by atoms with E-state index in [0.717, 1.165) is 10.6 Å². The number of carbonyl (C=O) groups excluding carboxylic acids is 1. The van der Waals surface area contributed by atoms with Crippen molar-refractivity contribution in [1.29, 1.82) is 0 Å². The SMILES string of the molecule is CC(C)[C@H](C)NC(=O)CN(c1ccccc1Br)S(C)(=O)=O. The van der Waals surface area contributed by atoms with Crippen LogP contribution in [0.3, 0.4) is 0 Å². The van der Waals surface area contributed by atoms with E-state index in [1.54, 1.807) is 24.3 Å². The first kappa shape index (κ1) is 18.0. The van der Waals surface area contributed by atoms with Crippen LogP contribution in [0.4, 0.5) is 5.69 Å². The van der Waals surface area contributed by atoms with E-state index < -0.39 is 10.0 Å². The van der Waals surface area contributed by atoms with E-state index in [0.29, 0.717) is 10.2 Å². The first-order chi connectivity index (χ1) is 9.62. The zero-order chi connectivity index (χ0) is 16.2. The maximum atomic E-state index is 12.1. The van der Waals surface area contributed by atoms with Crippen LogP contribution in [0.2, 0.25) is 0 Å². The van der Waals surface area contributed by atoms with Crippen LogP contribution in [0.25, 0.3) is 0 Å². The topological polar surface area (TPSA) is 66.5 Å². The van der Waals surface area contributed by atoms with Crippen LogP contribution in [0.5, 0.6) is 0 Å². The van der Waals surface area contributed by atoms with Crippen molar-refractivity contribution in [2.24, 2.45) is 5.92 Å². The summed E-state index contributed by atoms with van der Waals surface area (Å²) in [7, 11) is -3.55. The molecule has 0 bridgehead atoms. The van der Waals surface area contributed by atoms with Gasteiger partial charge in [-0.05, 0) is 40.9 Å². The molecule has 5 nitrogen and oxygen atoms in total. The van der Waals surface area contributed by atoms with Crippen LogP contribution in [0, 0.1) is 5.92 Å². The number of benzene rings is 1. The highest BCUT2D eigenvalue weighted by molar-refractivity contribution is 9.10. The predicted octanol–water partition coefficient (Wildman–Crippen LogP) is 2.38. The molecule has 1 amide bonds. The molecular weight excluding hydrogens is 356 g/mol. The molecule has 0 saturated heterocycles. The van der Waals surface area contributed by atoms with Crippen LogP contribution in [0.15, 0.2) is 28.7 Å². The standard InChI is InChI=1S/C14H21BrN2O3S/c1-10(2)11(3)16-14(18)9-17(21(4,19)20)13-8-6-5-7-12(13)15/h5-8,10-11H,9H2,1-4H3,(H,16,18)/t11-/m0/s1. The van der Waals surface area contributed by atoms with Gasteiger partial charge in [-0.2, -0.15) is 0 Å². The van der Waals surface area contributed by atoms with Crippen molar-refractivity contribution in [2.75, 3.05) is 17.1 Å². The van der Waals surface area contributed by atoms with Gasteiger partial charge in [-0.1, -0.05) is 26.0 Å². The Bertz CT molecular complexity index is 602.